The first-order valence-corrected chi connectivity index (χ1v) is 8.52. The van der Waals surface area contributed by atoms with E-state index in [0.717, 1.165) is 18.8 Å². The Morgan fingerprint density at radius 1 is 0.913 bits per heavy atom. The van der Waals surface area contributed by atoms with Gasteiger partial charge in [0.15, 0.2) is 0 Å². The van der Waals surface area contributed by atoms with Gasteiger partial charge in [0.05, 0.1) is 7.11 Å². The Hall–Kier alpha value is -2.06. The molecule has 2 heteroatoms. The van der Waals surface area contributed by atoms with Crippen LogP contribution in [0.4, 0.5) is 0 Å². The van der Waals surface area contributed by atoms with Crippen molar-refractivity contribution in [2.75, 3.05) is 20.2 Å². The maximum Gasteiger partial charge on any atom is 0.119 e. The zero-order valence-corrected chi connectivity index (χ0v) is 13.6. The van der Waals surface area contributed by atoms with Crippen molar-refractivity contribution in [3.05, 3.63) is 64.7 Å². The van der Waals surface area contributed by atoms with Gasteiger partial charge in [0.25, 0.3) is 0 Å². The van der Waals surface area contributed by atoms with E-state index in [1.807, 2.05) is 0 Å². The molecule has 0 saturated carbocycles. The minimum Gasteiger partial charge on any atom is -0.497 e. The van der Waals surface area contributed by atoms with Crippen LogP contribution >= 0.6 is 0 Å². The fourth-order valence-electron chi connectivity index (χ4n) is 4.09. The molecule has 1 aliphatic carbocycles. The average molecular weight is 305 g/mol. The molecule has 2 aromatic rings. The molecule has 0 amide bonds. The molecule has 23 heavy (non-hydrogen) atoms. The SMILES string of the molecule is COc1ccc2c(c1)C=Cc1ccccc1C2C1CCNCC1. The van der Waals surface area contributed by atoms with Crippen LogP contribution in [0.15, 0.2) is 42.5 Å². The lowest BCUT2D eigenvalue weighted by molar-refractivity contribution is 0.342. The third kappa shape index (κ3) is 2.68. The first-order chi connectivity index (χ1) is 11.4. The van der Waals surface area contributed by atoms with Gasteiger partial charge in [-0.2, -0.15) is 0 Å². The lowest BCUT2D eigenvalue weighted by Gasteiger charge is -2.32. The highest BCUT2D eigenvalue weighted by Crippen LogP contribution is 2.43. The molecule has 2 aromatic carbocycles. The molecule has 1 atom stereocenters. The predicted octanol–water partition coefficient (Wildman–Crippen LogP) is 4.31. The van der Waals surface area contributed by atoms with Crippen LogP contribution in [0.25, 0.3) is 12.2 Å². The highest BCUT2D eigenvalue weighted by molar-refractivity contribution is 5.77. The van der Waals surface area contributed by atoms with Gasteiger partial charge in [-0.3, -0.25) is 0 Å². The van der Waals surface area contributed by atoms with Crippen LogP contribution < -0.4 is 10.1 Å². The maximum absolute atomic E-state index is 5.44. The van der Waals surface area contributed by atoms with Crippen LogP contribution in [0, 0.1) is 5.92 Å². The number of piperidine rings is 1. The third-order valence-corrected chi connectivity index (χ3v) is 5.26. The molecule has 1 fully saturated rings. The third-order valence-electron chi connectivity index (χ3n) is 5.26. The average Bonchev–Trinajstić information content (AvgIpc) is 2.78. The number of fused-ring (bicyclic) bond motifs is 2. The van der Waals surface area contributed by atoms with Crippen LogP contribution in [0.1, 0.15) is 41.0 Å². The predicted molar refractivity (Wildman–Crippen MR) is 95.8 cm³/mol. The summed E-state index contributed by atoms with van der Waals surface area (Å²) in [5, 5.41) is 3.50. The van der Waals surface area contributed by atoms with Crippen molar-refractivity contribution in [2.45, 2.75) is 18.8 Å². The van der Waals surface area contributed by atoms with Gasteiger partial charge < -0.3 is 10.1 Å². The zero-order chi connectivity index (χ0) is 15.6. The van der Waals surface area contributed by atoms with Crippen molar-refractivity contribution < 1.29 is 4.74 Å². The second kappa shape index (κ2) is 6.21. The van der Waals surface area contributed by atoms with Gasteiger partial charge in [-0.15, -0.1) is 0 Å². The second-order valence-electron chi connectivity index (χ2n) is 6.52. The van der Waals surface area contributed by atoms with Gasteiger partial charge in [-0.25, -0.2) is 0 Å². The zero-order valence-electron chi connectivity index (χ0n) is 13.6. The second-order valence-corrected chi connectivity index (χ2v) is 6.52. The summed E-state index contributed by atoms with van der Waals surface area (Å²) >= 11 is 0. The van der Waals surface area contributed by atoms with E-state index < -0.39 is 0 Å². The van der Waals surface area contributed by atoms with Gasteiger partial charge in [-0.05, 0) is 66.2 Å². The summed E-state index contributed by atoms with van der Waals surface area (Å²) in [4.78, 5) is 0. The van der Waals surface area contributed by atoms with E-state index in [-0.39, 0.29) is 0 Å². The Morgan fingerprint density at radius 2 is 1.65 bits per heavy atom. The fourth-order valence-corrected chi connectivity index (χ4v) is 4.09. The Kier molecular flexibility index (Phi) is 3.92. The number of ether oxygens (including phenoxy) is 1. The van der Waals surface area contributed by atoms with Gasteiger partial charge >= 0.3 is 0 Å². The van der Waals surface area contributed by atoms with Crippen LogP contribution in [0.2, 0.25) is 0 Å². The number of hydrogen-bond acceptors (Lipinski definition) is 2. The van der Waals surface area contributed by atoms with E-state index in [1.165, 1.54) is 35.1 Å². The summed E-state index contributed by atoms with van der Waals surface area (Å²) in [7, 11) is 1.74. The molecular weight excluding hydrogens is 282 g/mol. The van der Waals surface area contributed by atoms with Gasteiger partial charge in [0.2, 0.25) is 0 Å². The molecule has 1 aliphatic heterocycles. The first-order valence-electron chi connectivity index (χ1n) is 8.52. The Bertz CT molecular complexity index is 728. The largest absolute Gasteiger partial charge is 0.497 e. The van der Waals surface area contributed by atoms with Crippen LogP contribution in [-0.2, 0) is 0 Å². The lowest BCUT2D eigenvalue weighted by atomic mass is 9.75. The van der Waals surface area contributed by atoms with E-state index in [2.05, 4.69) is 59.9 Å². The number of hydrogen-bond donors (Lipinski definition) is 1. The molecule has 2 nitrogen and oxygen atoms in total. The van der Waals surface area contributed by atoms with E-state index in [0.29, 0.717) is 11.8 Å². The summed E-state index contributed by atoms with van der Waals surface area (Å²) in [6.07, 6.45) is 6.99. The lowest BCUT2D eigenvalue weighted by Crippen LogP contribution is -2.31. The van der Waals surface area contributed by atoms with E-state index in [9.17, 15) is 0 Å². The standard InChI is InChI=1S/C21H23NO/c1-23-18-8-9-20-17(14-18)7-6-15-4-2-3-5-19(15)21(20)16-10-12-22-13-11-16/h2-9,14,16,21-22H,10-13H2,1H3. The molecule has 4 rings (SSSR count). The van der Waals surface area contributed by atoms with Crippen LogP contribution in [-0.4, -0.2) is 20.2 Å². The van der Waals surface area contributed by atoms with Crippen molar-refractivity contribution in [1.82, 2.24) is 5.32 Å². The highest BCUT2D eigenvalue weighted by Gasteiger charge is 2.30. The molecule has 1 saturated heterocycles. The van der Waals surface area contributed by atoms with Crippen LogP contribution in [0.3, 0.4) is 0 Å². The number of methoxy groups -OCH3 is 1. The van der Waals surface area contributed by atoms with Gasteiger partial charge in [0, 0.05) is 5.92 Å². The monoisotopic (exact) mass is 305 g/mol. The summed E-state index contributed by atoms with van der Waals surface area (Å²) in [5.74, 6) is 2.11. The van der Waals surface area contributed by atoms with Crippen molar-refractivity contribution in [1.29, 1.82) is 0 Å². The minimum atomic E-state index is 0.476. The normalized spacial score (nSPS) is 20.5. The number of nitrogens with one attached hydrogen (secondary N) is 1. The Morgan fingerprint density at radius 3 is 2.48 bits per heavy atom. The Balaban J connectivity index is 1.87. The number of rotatable bonds is 2. The fraction of sp³-hybridized carbons (Fsp3) is 0.333. The topological polar surface area (TPSA) is 21.3 Å². The highest BCUT2D eigenvalue weighted by atomic mass is 16.5. The quantitative estimate of drug-likeness (QED) is 0.892. The summed E-state index contributed by atoms with van der Waals surface area (Å²) in [6, 6.07) is 15.4. The van der Waals surface area contributed by atoms with Crippen molar-refractivity contribution in [2.24, 2.45) is 5.92 Å². The molecule has 0 radical (unpaired) electrons. The molecule has 0 bridgehead atoms. The van der Waals surface area contributed by atoms with E-state index in [1.54, 1.807) is 7.11 Å². The minimum absolute atomic E-state index is 0.476. The molecule has 1 unspecified atom stereocenters. The molecule has 0 aromatic heterocycles. The maximum atomic E-state index is 5.44. The Labute approximate surface area is 138 Å². The van der Waals surface area contributed by atoms with E-state index >= 15 is 0 Å². The summed E-state index contributed by atoms with van der Waals surface area (Å²) in [5.41, 5.74) is 5.56. The van der Waals surface area contributed by atoms with Gasteiger partial charge in [-0.1, -0.05) is 42.5 Å². The molecule has 1 N–H and O–H groups in total. The van der Waals surface area contributed by atoms with E-state index in [4.69, 9.17) is 4.74 Å². The number of benzene rings is 2. The molecule has 118 valence electrons. The molecular formula is C21H23NO. The first kappa shape index (κ1) is 14.5. The van der Waals surface area contributed by atoms with Crippen molar-refractivity contribution >= 4 is 12.2 Å². The van der Waals surface area contributed by atoms with Crippen LogP contribution in [0.5, 0.6) is 5.75 Å². The summed E-state index contributed by atoms with van der Waals surface area (Å²) in [6.45, 7) is 2.25. The smallest absolute Gasteiger partial charge is 0.119 e. The molecule has 0 spiro atoms. The molecule has 2 aliphatic rings. The molecule has 1 heterocycles. The van der Waals surface area contributed by atoms with Crippen molar-refractivity contribution in [3.63, 3.8) is 0 Å². The van der Waals surface area contributed by atoms with Gasteiger partial charge in [0.1, 0.15) is 5.75 Å². The summed E-state index contributed by atoms with van der Waals surface area (Å²) < 4.78 is 5.44. The van der Waals surface area contributed by atoms with Crippen molar-refractivity contribution in [3.8, 4) is 5.75 Å².